The van der Waals surface area contributed by atoms with Crippen LogP contribution in [-0.2, 0) is 18.1 Å². The van der Waals surface area contributed by atoms with E-state index in [0.29, 0.717) is 34.8 Å². The summed E-state index contributed by atoms with van der Waals surface area (Å²) >= 11 is 2.70. The van der Waals surface area contributed by atoms with Gasteiger partial charge in [-0.3, -0.25) is 0 Å². The number of hydrogen-bond donors (Lipinski definition) is 3. The Labute approximate surface area is 147 Å². The average molecular weight is 388 g/mol. The van der Waals surface area contributed by atoms with Gasteiger partial charge in [-0.1, -0.05) is 0 Å². The molecule has 4 N–H and O–H groups in total. The maximum absolute atomic E-state index is 7.98. The van der Waals surface area contributed by atoms with Crippen molar-refractivity contribution in [3.63, 3.8) is 0 Å². The Balaban J connectivity index is 1.96. The number of nitrogens with two attached hydrogens (primary N) is 1. The number of fused-ring (bicyclic) bond motifs is 1. The van der Waals surface area contributed by atoms with Gasteiger partial charge in [0.05, 0.1) is 0 Å². The minimum absolute atomic E-state index is 0.241. The summed E-state index contributed by atoms with van der Waals surface area (Å²) < 4.78 is 7.78. The molecular formula is C16H17N6OSe. The maximum atomic E-state index is 7.98. The predicted octanol–water partition coefficient (Wildman–Crippen LogP) is 1.72. The number of anilines is 2. The molecule has 1 aromatic carbocycles. The van der Waals surface area contributed by atoms with Gasteiger partial charge in [-0.2, -0.15) is 0 Å². The van der Waals surface area contributed by atoms with Crippen LogP contribution in [0.5, 0.6) is 0 Å². The zero-order valence-corrected chi connectivity index (χ0v) is 14.8. The van der Waals surface area contributed by atoms with E-state index < -0.39 is 0 Å². The van der Waals surface area contributed by atoms with Crippen molar-refractivity contribution in [2.75, 3.05) is 18.1 Å². The number of aromatic nitrogens is 3. The number of rotatable bonds is 6. The van der Waals surface area contributed by atoms with Crippen molar-refractivity contribution in [1.29, 1.82) is 5.41 Å². The van der Waals surface area contributed by atoms with Crippen LogP contribution in [0, 0.1) is 5.41 Å². The molecule has 0 spiro atoms. The quantitative estimate of drug-likeness (QED) is 0.441. The third-order valence-electron chi connectivity index (χ3n) is 3.68. The fourth-order valence-corrected chi connectivity index (χ4v) is 3.00. The second kappa shape index (κ2) is 7.00. The van der Waals surface area contributed by atoms with E-state index in [2.05, 4.69) is 31.3 Å². The van der Waals surface area contributed by atoms with Gasteiger partial charge in [-0.15, -0.1) is 0 Å². The molecule has 3 rings (SSSR count). The van der Waals surface area contributed by atoms with E-state index in [0.717, 1.165) is 5.56 Å². The molecule has 1 radical (unpaired) electrons. The fourth-order valence-electron chi connectivity index (χ4n) is 2.57. The summed E-state index contributed by atoms with van der Waals surface area (Å²) in [6.45, 7) is 0.708. The third kappa shape index (κ3) is 2.99. The number of ether oxygens (including phenoxy) is 1. The van der Waals surface area contributed by atoms with Crippen molar-refractivity contribution < 1.29 is 4.74 Å². The number of nitrogens with zero attached hydrogens (tertiary/aromatic N) is 3. The van der Waals surface area contributed by atoms with Crippen LogP contribution >= 0.6 is 0 Å². The summed E-state index contributed by atoms with van der Waals surface area (Å²) in [7, 11) is 1.77. The van der Waals surface area contributed by atoms with Crippen LogP contribution in [0.4, 0.5) is 11.6 Å². The topological polar surface area (TPSA) is 102 Å². The van der Waals surface area contributed by atoms with E-state index in [1.165, 1.54) is 6.33 Å². The molecule has 0 saturated carbocycles. The molecule has 2 heterocycles. The molecule has 2 aromatic heterocycles. The van der Waals surface area contributed by atoms with Crippen molar-refractivity contribution in [1.82, 2.24) is 14.5 Å². The first kappa shape index (κ1) is 16.4. The van der Waals surface area contributed by atoms with Crippen molar-refractivity contribution in [2.24, 2.45) is 0 Å². The number of nitrogens with one attached hydrogen (secondary N) is 2. The second-order valence-corrected chi connectivity index (χ2v) is 6.01. The third-order valence-corrected chi connectivity index (χ3v) is 4.10. The monoisotopic (exact) mass is 389 g/mol. The van der Waals surface area contributed by atoms with Gasteiger partial charge in [0.15, 0.2) is 0 Å². The molecule has 0 aliphatic carbocycles. The van der Waals surface area contributed by atoms with Crippen LogP contribution in [0.2, 0.25) is 0 Å². The molecule has 0 unspecified atom stereocenters. The fraction of sp³-hybridized carbons (Fsp3) is 0.188. The van der Waals surface area contributed by atoms with Crippen LogP contribution in [0.15, 0.2) is 36.7 Å². The van der Waals surface area contributed by atoms with Crippen LogP contribution < -0.4 is 11.1 Å². The normalized spacial score (nSPS) is 10.9. The van der Waals surface area contributed by atoms with Crippen LogP contribution in [-0.4, -0.2) is 42.2 Å². The Bertz CT molecular complexity index is 877. The first-order chi connectivity index (χ1) is 11.6. The molecular weight excluding hydrogens is 371 g/mol. The average Bonchev–Trinajstić information content (AvgIpc) is 2.88. The Hall–Kier alpha value is -2.41. The van der Waals surface area contributed by atoms with Crippen LogP contribution in [0.25, 0.3) is 11.0 Å². The zero-order valence-electron chi connectivity index (χ0n) is 13.1. The number of benzene rings is 1. The van der Waals surface area contributed by atoms with Gasteiger partial charge in [0.25, 0.3) is 0 Å². The molecule has 0 saturated heterocycles. The van der Waals surface area contributed by atoms with Gasteiger partial charge in [-0.05, 0) is 0 Å². The van der Waals surface area contributed by atoms with E-state index in [9.17, 15) is 0 Å². The summed E-state index contributed by atoms with van der Waals surface area (Å²) in [4.78, 5) is 8.53. The Morgan fingerprint density at radius 1 is 1.33 bits per heavy atom. The summed E-state index contributed by atoms with van der Waals surface area (Å²) in [5.74, 6) is 1.06. The van der Waals surface area contributed by atoms with E-state index in [4.69, 9.17) is 15.9 Å². The molecule has 0 aliphatic heterocycles. The molecule has 0 bridgehead atoms. The number of nitrogen functional groups attached to an aromatic ring is 1. The van der Waals surface area contributed by atoms with Gasteiger partial charge < -0.3 is 0 Å². The Morgan fingerprint density at radius 2 is 2.08 bits per heavy atom. The van der Waals surface area contributed by atoms with E-state index in [1.807, 2.05) is 30.3 Å². The van der Waals surface area contributed by atoms with Crippen molar-refractivity contribution in [3.05, 3.63) is 47.8 Å². The van der Waals surface area contributed by atoms with Crippen molar-refractivity contribution in [3.8, 4) is 0 Å². The molecule has 3 aromatic rings. The van der Waals surface area contributed by atoms with Gasteiger partial charge in [0.1, 0.15) is 0 Å². The SMILES string of the molecule is CNc1ncnc2c1c(C(=N)[Se])c(N)n2COCc1ccccc1. The molecule has 123 valence electrons. The zero-order chi connectivity index (χ0) is 17.1. The summed E-state index contributed by atoms with van der Waals surface area (Å²) in [6, 6.07) is 9.90. The molecule has 7 nitrogen and oxygen atoms in total. The second-order valence-electron chi connectivity index (χ2n) is 5.15. The molecule has 24 heavy (non-hydrogen) atoms. The Morgan fingerprint density at radius 3 is 2.75 bits per heavy atom. The molecule has 0 aliphatic rings. The van der Waals surface area contributed by atoms with E-state index in [-0.39, 0.29) is 11.3 Å². The predicted molar refractivity (Wildman–Crippen MR) is 95.3 cm³/mol. The molecule has 0 amide bonds. The first-order valence-corrected chi connectivity index (χ1v) is 8.17. The van der Waals surface area contributed by atoms with Gasteiger partial charge in [0.2, 0.25) is 0 Å². The first-order valence-electron chi connectivity index (χ1n) is 7.31. The standard InChI is InChI=1S/C16H17N6OSe/c1-19-15-12-11(14(18)24)13(17)22(16(12)21-8-20-15)9-23-7-10-5-3-2-4-6-10/h2-6,8,18H,7,9,17H2,1H3,(H,19,20,21). The van der Waals surface area contributed by atoms with Crippen LogP contribution in [0.3, 0.4) is 0 Å². The molecule has 0 fully saturated rings. The molecule has 0 atom stereocenters. The van der Waals surface area contributed by atoms with E-state index >= 15 is 0 Å². The van der Waals surface area contributed by atoms with Gasteiger partial charge in [-0.25, -0.2) is 0 Å². The summed E-state index contributed by atoms with van der Waals surface area (Å²) in [5, 5.41) is 11.7. The van der Waals surface area contributed by atoms with Crippen molar-refractivity contribution >= 4 is 43.3 Å². The Kier molecular flexibility index (Phi) is 4.80. The van der Waals surface area contributed by atoms with Gasteiger partial charge in [0, 0.05) is 0 Å². The van der Waals surface area contributed by atoms with Crippen molar-refractivity contribution in [2.45, 2.75) is 13.3 Å². The number of hydrogen-bond acceptors (Lipinski definition) is 6. The van der Waals surface area contributed by atoms with E-state index in [1.54, 1.807) is 11.6 Å². The summed E-state index contributed by atoms with van der Waals surface area (Å²) in [6.07, 6.45) is 1.47. The minimum atomic E-state index is 0.241. The van der Waals surface area contributed by atoms with Gasteiger partial charge >= 0.3 is 147 Å². The summed E-state index contributed by atoms with van der Waals surface area (Å²) in [5.41, 5.74) is 8.54. The molecule has 8 heteroatoms. The van der Waals surface area contributed by atoms with Crippen LogP contribution in [0.1, 0.15) is 11.1 Å².